The molecule has 2 amide bonds. The Balaban J connectivity index is 1.88. The highest BCUT2D eigenvalue weighted by Gasteiger charge is 2.41. The fraction of sp³-hybridized carbons (Fsp3) is 0.300. The average Bonchev–Trinajstić information content (AvgIpc) is 2.89. The van der Waals surface area contributed by atoms with Gasteiger partial charge in [-0.15, -0.1) is 0 Å². The third-order valence-electron chi connectivity index (χ3n) is 4.55. The predicted molar refractivity (Wildman–Crippen MR) is 100.0 cm³/mol. The topological polar surface area (TPSA) is 67.9 Å². The SMILES string of the molecule is COc1ccc(NC2CC(=O)N(c3c(C)cccc3C)C2=O)c(OC)c1. The maximum atomic E-state index is 12.9. The summed E-state index contributed by atoms with van der Waals surface area (Å²) in [5.41, 5.74) is 3.11. The highest BCUT2D eigenvalue weighted by Crippen LogP contribution is 2.33. The first-order valence-electron chi connectivity index (χ1n) is 8.38. The van der Waals surface area contributed by atoms with E-state index in [-0.39, 0.29) is 18.2 Å². The van der Waals surface area contributed by atoms with Crippen LogP contribution in [0, 0.1) is 13.8 Å². The summed E-state index contributed by atoms with van der Waals surface area (Å²) in [4.78, 5) is 26.8. The van der Waals surface area contributed by atoms with E-state index < -0.39 is 6.04 Å². The van der Waals surface area contributed by atoms with Gasteiger partial charge < -0.3 is 14.8 Å². The van der Waals surface area contributed by atoms with Crippen LogP contribution >= 0.6 is 0 Å². The van der Waals surface area contributed by atoms with Crippen molar-refractivity contribution in [1.29, 1.82) is 0 Å². The van der Waals surface area contributed by atoms with Crippen molar-refractivity contribution in [2.75, 3.05) is 24.4 Å². The fourth-order valence-corrected chi connectivity index (χ4v) is 3.24. The van der Waals surface area contributed by atoms with Gasteiger partial charge in [-0.25, -0.2) is 4.90 Å². The molecule has 1 saturated heterocycles. The molecule has 0 radical (unpaired) electrons. The van der Waals surface area contributed by atoms with Gasteiger partial charge in [0.1, 0.15) is 17.5 Å². The van der Waals surface area contributed by atoms with Crippen LogP contribution in [-0.2, 0) is 9.59 Å². The van der Waals surface area contributed by atoms with E-state index in [1.807, 2.05) is 32.0 Å². The zero-order valence-corrected chi connectivity index (χ0v) is 15.3. The molecule has 1 aliphatic heterocycles. The number of anilines is 2. The summed E-state index contributed by atoms with van der Waals surface area (Å²) in [5.74, 6) is 0.733. The third-order valence-corrected chi connectivity index (χ3v) is 4.55. The number of hydrogen-bond donors (Lipinski definition) is 1. The van der Waals surface area contributed by atoms with Gasteiger partial charge in [0.2, 0.25) is 5.91 Å². The first-order valence-corrected chi connectivity index (χ1v) is 8.38. The number of hydrogen-bond acceptors (Lipinski definition) is 5. The molecule has 1 atom stereocenters. The Morgan fingerprint density at radius 2 is 1.73 bits per heavy atom. The average molecular weight is 354 g/mol. The van der Waals surface area contributed by atoms with Crippen molar-refractivity contribution >= 4 is 23.2 Å². The van der Waals surface area contributed by atoms with Crippen molar-refractivity contribution in [2.45, 2.75) is 26.3 Å². The number of rotatable bonds is 5. The lowest BCUT2D eigenvalue weighted by atomic mass is 10.1. The first kappa shape index (κ1) is 17.8. The molecule has 0 saturated carbocycles. The van der Waals surface area contributed by atoms with E-state index in [1.165, 1.54) is 4.90 Å². The molecule has 26 heavy (non-hydrogen) atoms. The third kappa shape index (κ3) is 3.10. The molecule has 2 aromatic rings. The molecule has 2 aromatic carbocycles. The lowest BCUT2D eigenvalue weighted by Crippen LogP contribution is -2.35. The molecule has 6 heteroatoms. The number of nitrogens with zero attached hydrogens (tertiary/aromatic N) is 1. The second-order valence-corrected chi connectivity index (χ2v) is 6.28. The zero-order chi connectivity index (χ0) is 18.8. The number of carbonyl (C=O) groups excluding carboxylic acids is 2. The van der Waals surface area contributed by atoms with Gasteiger partial charge in [0, 0.05) is 6.07 Å². The van der Waals surface area contributed by atoms with Crippen LogP contribution in [0.4, 0.5) is 11.4 Å². The van der Waals surface area contributed by atoms with Crippen LogP contribution in [0.3, 0.4) is 0 Å². The van der Waals surface area contributed by atoms with Crippen molar-refractivity contribution in [1.82, 2.24) is 0 Å². The van der Waals surface area contributed by atoms with Crippen LogP contribution in [0.2, 0.25) is 0 Å². The van der Waals surface area contributed by atoms with Crippen LogP contribution in [0.15, 0.2) is 36.4 Å². The van der Waals surface area contributed by atoms with E-state index in [1.54, 1.807) is 32.4 Å². The Morgan fingerprint density at radius 1 is 1.04 bits per heavy atom. The fourth-order valence-electron chi connectivity index (χ4n) is 3.24. The van der Waals surface area contributed by atoms with Crippen LogP contribution in [0.25, 0.3) is 0 Å². The van der Waals surface area contributed by atoms with Gasteiger partial charge in [-0.1, -0.05) is 18.2 Å². The molecule has 0 aromatic heterocycles. The molecule has 0 aliphatic carbocycles. The molecule has 1 heterocycles. The lowest BCUT2D eigenvalue weighted by molar-refractivity contribution is -0.121. The molecule has 1 N–H and O–H groups in total. The van der Waals surface area contributed by atoms with Gasteiger partial charge in [-0.2, -0.15) is 0 Å². The van der Waals surface area contributed by atoms with E-state index in [0.717, 1.165) is 11.1 Å². The minimum Gasteiger partial charge on any atom is -0.497 e. The first-order chi connectivity index (χ1) is 12.5. The highest BCUT2D eigenvalue weighted by molar-refractivity contribution is 6.23. The van der Waals surface area contributed by atoms with Gasteiger partial charge in [-0.3, -0.25) is 9.59 Å². The molecule has 0 spiro atoms. The number of aryl methyl sites for hydroxylation is 2. The minimum atomic E-state index is -0.635. The summed E-state index contributed by atoms with van der Waals surface area (Å²) in [6.07, 6.45) is 0.0990. The summed E-state index contributed by atoms with van der Waals surface area (Å²) in [5, 5.41) is 3.14. The smallest absolute Gasteiger partial charge is 0.256 e. The summed E-state index contributed by atoms with van der Waals surface area (Å²) in [6.45, 7) is 3.80. The zero-order valence-electron chi connectivity index (χ0n) is 15.3. The Bertz CT molecular complexity index is 843. The van der Waals surface area contributed by atoms with E-state index >= 15 is 0 Å². The molecule has 1 aliphatic rings. The maximum absolute atomic E-state index is 12.9. The predicted octanol–water partition coefficient (Wildman–Crippen LogP) is 3.06. The second-order valence-electron chi connectivity index (χ2n) is 6.28. The summed E-state index contributed by atoms with van der Waals surface area (Å²) < 4.78 is 10.5. The minimum absolute atomic E-state index is 0.0990. The van der Waals surface area contributed by atoms with Crippen molar-refractivity contribution in [3.8, 4) is 11.5 Å². The van der Waals surface area contributed by atoms with Crippen LogP contribution in [0.5, 0.6) is 11.5 Å². The molecular formula is C20H22N2O4. The van der Waals surface area contributed by atoms with Gasteiger partial charge in [0.15, 0.2) is 0 Å². The summed E-state index contributed by atoms with van der Waals surface area (Å²) >= 11 is 0. The van der Waals surface area contributed by atoms with Crippen LogP contribution in [-0.4, -0.2) is 32.1 Å². The summed E-state index contributed by atoms with van der Waals surface area (Å²) in [6, 6.07) is 10.4. The molecule has 1 fully saturated rings. The Labute approximate surface area is 152 Å². The largest absolute Gasteiger partial charge is 0.497 e. The Kier molecular flexibility index (Phi) is 4.84. The number of benzene rings is 2. The summed E-state index contributed by atoms with van der Waals surface area (Å²) in [7, 11) is 3.12. The van der Waals surface area contributed by atoms with E-state index in [4.69, 9.17) is 9.47 Å². The normalized spacial score (nSPS) is 16.8. The van der Waals surface area contributed by atoms with Crippen LogP contribution in [0.1, 0.15) is 17.5 Å². The maximum Gasteiger partial charge on any atom is 0.256 e. The molecule has 136 valence electrons. The quantitative estimate of drug-likeness (QED) is 0.836. The lowest BCUT2D eigenvalue weighted by Gasteiger charge is -2.20. The number of nitrogens with one attached hydrogen (secondary N) is 1. The number of amides is 2. The van der Waals surface area contributed by atoms with Crippen molar-refractivity contribution in [2.24, 2.45) is 0 Å². The standard InChI is InChI=1S/C20H22N2O4/c1-12-6-5-7-13(2)19(12)22-18(23)11-16(20(22)24)21-15-9-8-14(25-3)10-17(15)26-4/h5-10,16,21H,11H2,1-4H3. The van der Waals surface area contributed by atoms with E-state index in [2.05, 4.69) is 5.32 Å². The van der Waals surface area contributed by atoms with E-state index in [9.17, 15) is 9.59 Å². The number of imide groups is 1. The van der Waals surface area contributed by atoms with E-state index in [0.29, 0.717) is 22.9 Å². The Hall–Kier alpha value is -3.02. The highest BCUT2D eigenvalue weighted by atomic mass is 16.5. The number of ether oxygens (including phenoxy) is 2. The van der Waals surface area contributed by atoms with Crippen molar-refractivity contribution < 1.29 is 19.1 Å². The molecule has 3 rings (SSSR count). The monoisotopic (exact) mass is 354 g/mol. The Morgan fingerprint density at radius 3 is 2.35 bits per heavy atom. The second kappa shape index (κ2) is 7.07. The molecular weight excluding hydrogens is 332 g/mol. The molecule has 1 unspecified atom stereocenters. The molecule has 6 nitrogen and oxygen atoms in total. The number of carbonyl (C=O) groups is 2. The van der Waals surface area contributed by atoms with Crippen LogP contribution < -0.4 is 19.7 Å². The number of para-hydroxylation sites is 1. The van der Waals surface area contributed by atoms with Gasteiger partial charge in [0.25, 0.3) is 5.91 Å². The van der Waals surface area contributed by atoms with Crippen molar-refractivity contribution in [3.05, 3.63) is 47.5 Å². The van der Waals surface area contributed by atoms with Gasteiger partial charge >= 0.3 is 0 Å². The number of methoxy groups -OCH3 is 2. The van der Waals surface area contributed by atoms with Gasteiger partial charge in [0.05, 0.1) is 32.0 Å². The van der Waals surface area contributed by atoms with Gasteiger partial charge in [-0.05, 0) is 37.1 Å². The van der Waals surface area contributed by atoms with Crippen molar-refractivity contribution in [3.63, 3.8) is 0 Å². The molecule has 0 bridgehead atoms.